The maximum absolute atomic E-state index is 3.80. The number of hydrogen-bond acceptors (Lipinski definition) is 3. The molecule has 3 aliphatic rings. The largest absolute Gasteiger partial charge is 0.304 e. The van der Waals surface area contributed by atoms with Gasteiger partial charge in [-0.15, -0.1) is 0 Å². The van der Waals surface area contributed by atoms with Gasteiger partial charge in [-0.2, -0.15) is 0 Å². The van der Waals surface area contributed by atoms with E-state index in [9.17, 15) is 0 Å². The van der Waals surface area contributed by atoms with Gasteiger partial charge in [0.05, 0.1) is 0 Å². The van der Waals surface area contributed by atoms with Crippen LogP contribution in [0.2, 0.25) is 0 Å². The highest BCUT2D eigenvalue weighted by atomic mass is 15.5. The minimum Gasteiger partial charge on any atom is -0.304 e. The molecule has 0 aromatic heterocycles. The first-order valence-electron chi connectivity index (χ1n) is 7.51. The van der Waals surface area contributed by atoms with Crippen LogP contribution in [-0.4, -0.2) is 49.2 Å². The van der Waals surface area contributed by atoms with Gasteiger partial charge in [-0.05, 0) is 44.6 Å². The van der Waals surface area contributed by atoms with E-state index in [-0.39, 0.29) is 0 Å². The lowest BCUT2D eigenvalue weighted by molar-refractivity contribution is 0.0697. The van der Waals surface area contributed by atoms with E-state index in [1.165, 1.54) is 64.7 Å². The van der Waals surface area contributed by atoms with E-state index in [4.69, 9.17) is 0 Å². The molecule has 2 unspecified atom stereocenters. The highest BCUT2D eigenvalue weighted by Gasteiger charge is 2.35. The number of piperazine rings is 1. The van der Waals surface area contributed by atoms with E-state index in [0.717, 1.165) is 17.9 Å². The fourth-order valence-electron chi connectivity index (χ4n) is 3.53. The Labute approximate surface area is 106 Å². The summed E-state index contributed by atoms with van der Waals surface area (Å²) in [5.74, 6) is 2.15. The summed E-state index contributed by atoms with van der Waals surface area (Å²) in [6.07, 6.45) is 8.84. The lowest BCUT2D eigenvalue weighted by Crippen LogP contribution is -2.54. The molecule has 0 aromatic carbocycles. The molecule has 0 spiro atoms. The van der Waals surface area contributed by atoms with Gasteiger partial charge in [0, 0.05) is 32.2 Å². The summed E-state index contributed by atoms with van der Waals surface area (Å²) in [6, 6.07) is 0.776. The van der Waals surface area contributed by atoms with Gasteiger partial charge in [-0.25, -0.2) is 5.01 Å². The Kier molecular flexibility index (Phi) is 3.69. The van der Waals surface area contributed by atoms with Crippen LogP contribution >= 0.6 is 0 Å². The van der Waals surface area contributed by atoms with Gasteiger partial charge in [0.2, 0.25) is 0 Å². The summed E-state index contributed by atoms with van der Waals surface area (Å²) in [5.41, 5.74) is 3.80. The molecule has 0 radical (unpaired) electrons. The molecule has 17 heavy (non-hydrogen) atoms. The van der Waals surface area contributed by atoms with Crippen molar-refractivity contribution in [3.05, 3.63) is 0 Å². The molecule has 2 atom stereocenters. The van der Waals surface area contributed by atoms with E-state index in [1.54, 1.807) is 0 Å². The Bertz CT molecular complexity index is 244. The molecule has 98 valence electrons. The van der Waals surface area contributed by atoms with Crippen LogP contribution in [-0.2, 0) is 0 Å². The van der Waals surface area contributed by atoms with Crippen molar-refractivity contribution >= 4 is 0 Å². The Morgan fingerprint density at radius 3 is 2.35 bits per heavy atom. The summed E-state index contributed by atoms with van der Waals surface area (Å²) in [5, 5.41) is 2.47. The summed E-state index contributed by atoms with van der Waals surface area (Å²) in [4.78, 5) is 2.42. The van der Waals surface area contributed by atoms with E-state index >= 15 is 0 Å². The van der Waals surface area contributed by atoms with E-state index in [2.05, 4.69) is 22.4 Å². The Morgan fingerprint density at radius 1 is 0.882 bits per heavy atom. The quantitative estimate of drug-likeness (QED) is 0.806. The number of likely N-dealkylation sites (N-methyl/N-ethyl adjacent to an activating group) is 1. The number of nitrogens with one attached hydrogen (secondary N) is 1. The maximum atomic E-state index is 3.80. The summed E-state index contributed by atoms with van der Waals surface area (Å²) < 4.78 is 0. The molecule has 3 heteroatoms. The van der Waals surface area contributed by atoms with Crippen molar-refractivity contribution in [2.75, 3.05) is 33.2 Å². The highest BCUT2D eigenvalue weighted by Crippen LogP contribution is 2.43. The Balaban J connectivity index is 1.44. The van der Waals surface area contributed by atoms with Crippen LogP contribution in [0.3, 0.4) is 0 Å². The third kappa shape index (κ3) is 3.21. The normalized spacial score (nSPS) is 37.2. The summed E-state index contributed by atoms with van der Waals surface area (Å²) in [6.45, 7) is 4.82. The van der Waals surface area contributed by atoms with Crippen molar-refractivity contribution < 1.29 is 0 Å². The molecule has 0 amide bonds. The Hall–Kier alpha value is -0.120. The zero-order chi connectivity index (χ0) is 11.7. The van der Waals surface area contributed by atoms with Gasteiger partial charge >= 0.3 is 0 Å². The fourth-order valence-corrected chi connectivity index (χ4v) is 3.53. The molecule has 3 fully saturated rings. The number of hydrazine groups is 1. The van der Waals surface area contributed by atoms with E-state index in [1.807, 2.05) is 0 Å². The monoisotopic (exact) mass is 237 g/mol. The second kappa shape index (κ2) is 5.25. The molecule has 0 aromatic rings. The average molecular weight is 237 g/mol. The Morgan fingerprint density at radius 2 is 1.65 bits per heavy atom. The highest BCUT2D eigenvalue weighted by molar-refractivity contribution is 4.87. The van der Waals surface area contributed by atoms with Crippen molar-refractivity contribution in [2.24, 2.45) is 11.8 Å². The van der Waals surface area contributed by atoms with Crippen molar-refractivity contribution in [3.8, 4) is 0 Å². The van der Waals surface area contributed by atoms with Gasteiger partial charge in [-0.3, -0.25) is 5.43 Å². The number of rotatable bonds is 3. The lowest BCUT2D eigenvalue weighted by atomic mass is 9.83. The van der Waals surface area contributed by atoms with Crippen molar-refractivity contribution in [2.45, 2.75) is 44.6 Å². The fraction of sp³-hybridized carbons (Fsp3) is 1.00. The van der Waals surface area contributed by atoms with Gasteiger partial charge in [0.25, 0.3) is 0 Å². The van der Waals surface area contributed by atoms with E-state index < -0.39 is 0 Å². The van der Waals surface area contributed by atoms with E-state index in [0.29, 0.717) is 0 Å². The average Bonchev–Trinajstić information content (AvgIpc) is 3.17. The van der Waals surface area contributed by atoms with Crippen LogP contribution in [0.5, 0.6) is 0 Å². The standard InChI is InChI=1S/C14H27N3/c1-16-7-9-17(10-8-16)15-14-4-2-3-13(11-14)12-5-6-12/h12-15H,2-11H2,1H3. The van der Waals surface area contributed by atoms with Crippen molar-refractivity contribution in [1.82, 2.24) is 15.3 Å². The molecule has 3 rings (SSSR count). The van der Waals surface area contributed by atoms with Crippen LogP contribution in [0.1, 0.15) is 38.5 Å². The third-order valence-electron chi connectivity index (χ3n) is 4.87. The first-order valence-corrected chi connectivity index (χ1v) is 7.51. The first-order chi connectivity index (χ1) is 8.31. The minimum atomic E-state index is 0.776. The summed E-state index contributed by atoms with van der Waals surface area (Å²) in [7, 11) is 2.22. The second-order valence-corrected chi connectivity index (χ2v) is 6.38. The van der Waals surface area contributed by atoms with Crippen LogP contribution in [0.25, 0.3) is 0 Å². The predicted octanol–water partition coefficient (Wildman–Crippen LogP) is 1.71. The lowest BCUT2D eigenvalue weighted by Gasteiger charge is -2.38. The maximum Gasteiger partial charge on any atom is 0.0259 e. The third-order valence-corrected chi connectivity index (χ3v) is 4.87. The molecule has 0 bridgehead atoms. The van der Waals surface area contributed by atoms with Crippen LogP contribution < -0.4 is 5.43 Å². The van der Waals surface area contributed by atoms with Gasteiger partial charge in [0.15, 0.2) is 0 Å². The second-order valence-electron chi connectivity index (χ2n) is 6.38. The van der Waals surface area contributed by atoms with Crippen LogP contribution in [0.4, 0.5) is 0 Å². The predicted molar refractivity (Wildman–Crippen MR) is 70.7 cm³/mol. The van der Waals surface area contributed by atoms with Crippen LogP contribution in [0, 0.1) is 11.8 Å². The van der Waals surface area contributed by atoms with Gasteiger partial charge in [-0.1, -0.05) is 12.8 Å². The zero-order valence-electron chi connectivity index (χ0n) is 11.2. The van der Waals surface area contributed by atoms with Gasteiger partial charge in [0.1, 0.15) is 0 Å². The molecule has 3 nitrogen and oxygen atoms in total. The molecule has 1 N–H and O–H groups in total. The SMILES string of the molecule is CN1CCN(NC2CCCC(C3CC3)C2)CC1. The molecular weight excluding hydrogens is 210 g/mol. The smallest absolute Gasteiger partial charge is 0.0259 e. The van der Waals surface area contributed by atoms with Crippen molar-refractivity contribution in [3.63, 3.8) is 0 Å². The zero-order valence-corrected chi connectivity index (χ0v) is 11.2. The molecule has 1 aliphatic heterocycles. The topological polar surface area (TPSA) is 18.5 Å². The molecule has 1 saturated heterocycles. The van der Waals surface area contributed by atoms with Gasteiger partial charge < -0.3 is 4.90 Å². The van der Waals surface area contributed by atoms with Crippen LogP contribution in [0.15, 0.2) is 0 Å². The molecule has 2 aliphatic carbocycles. The minimum absolute atomic E-state index is 0.776. The number of hydrogen-bond donors (Lipinski definition) is 1. The van der Waals surface area contributed by atoms with Crippen molar-refractivity contribution in [1.29, 1.82) is 0 Å². The molecule has 2 saturated carbocycles. The number of nitrogens with zero attached hydrogens (tertiary/aromatic N) is 2. The molecule has 1 heterocycles. The summed E-state index contributed by atoms with van der Waals surface area (Å²) >= 11 is 0. The first kappa shape index (κ1) is 11.9. The molecular formula is C14H27N3.